The molecule has 5 N–H and O–H groups in total. The summed E-state index contributed by atoms with van der Waals surface area (Å²) in [5.41, 5.74) is 15.3. The van der Waals surface area contributed by atoms with E-state index in [1.807, 2.05) is 12.1 Å². The Labute approximate surface area is 217 Å². The van der Waals surface area contributed by atoms with Crippen molar-refractivity contribution in [3.63, 3.8) is 0 Å². The molecule has 200 valence electrons. The smallest absolute Gasteiger partial charge is 0.328 e. The highest BCUT2D eigenvalue weighted by Gasteiger charge is 2.25. The number of hydrogen-bond donors (Lipinski definition) is 3. The molecule has 1 unspecified atom stereocenters. The van der Waals surface area contributed by atoms with Crippen LogP contribution in [0.1, 0.15) is 73.1 Å². The second-order valence-corrected chi connectivity index (χ2v) is 9.21. The first kappa shape index (κ1) is 27.9. The summed E-state index contributed by atoms with van der Waals surface area (Å²) in [4.78, 5) is 45.1. The topological polar surface area (TPSA) is 160 Å². The first-order chi connectivity index (χ1) is 17.8. The molecule has 1 aliphatic carbocycles. The fraction of sp³-hybridized carbons (Fsp3) is 0.519. The molecular weight excluding hydrogens is 474 g/mol. The van der Waals surface area contributed by atoms with Crippen LogP contribution in [0.2, 0.25) is 0 Å². The van der Waals surface area contributed by atoms with E-state index in [4.69, 9.17) is 20.9 Å². The maximum Gasteiger partial charge on any atom is 0.328 e. The van der Waals surface area contributed by atoms with Gasteiger partial charge < -0.3 is 26.3 Å². The predicted molar refractivity (Wildman–Crippen MR) is 140 cm³/mol. The lowest BCUT2D eigenvalue weighted by Gasteiger charge is -2.24. The largest absolute Gasteiger partial charge is 0.466 e. The zero-order chi connectivity index (χ0) is 26.8. The molecule has 2 aromatic rings. The Morgan fingerprint density at radius 1 is 1.08 bits per heavy atom. The highest BCUT2D eigenvalue weighted by Crippen LogP contribution is 2.30. The number of rotatable bonds is 12. The minimum absolute atomic E-state index is 0.0107. The molecule has 1 heterocycles. The minimum Gasteiger partial charge on any atom is -0.466 e. The summed E-state index contributed by atoms with van der Waals surface area (Å²) in [5.74, 6) is -0.128. The van der Waals surface area contributed by atoms with Crippen LogP contribution >= 0.6 is 0 Å². The Bertz CT molecular complexity index is 1090. The molecule has 2 atom stereocenters. The molecule has 0 saturated heterocycles. The van der Waals surface area contributed by atoms with E-state index in [0.29, 0.717) is 17.3 Å². The zero-order valence-electron chi connectivity index (χ0n) is 21.6. The van der Waals surface area contributed by atoms with Crippen LogP contribution in [-0.2, 0) is 38.3 Å². The fourth-order valence-corrected chi connectivity index (χ4v) is 4.62. The first-order valence-electron chi connectivity index (χ1n) is 12.9. The van der Waals surface area contributed by atoms with E-state index in [1.165, 1.54) is 0 Å². The molecule has 0 fully saturated rings. The van der Waals surface area contributed by atoms with Crippen molar-refractivity contribution in [2.24, 2.45) is 5.92 Å². The van der Waals surface area contributed by atoms with Gasteiger partial charge in [0.15, 0.2) is 0 Å². The van der Waals surface area contributed by atoms with Crippen molar-refractivity contribution in [3.8, 4) is 0 Å². The van der Waals surface area contributed by atoms with Crippen molar-refractivity contribution >= 4 is 29.6 Å². The van der Waals surface area contributed by atoms with Gasteiger partial charge in [0.25, 0.3) is 5.91 Å². The maximum absolute atomic E-state index is 12.8. The number of esters is 2. The highest BCUT2D eigenvalue weighted by molar-refractivity contribution is 5.96. The molecule has 37 heavy (non-hydrogen) atoms. The van der Waals surface area contributed by atoms with Crippen molar-refractivity contribution in [1.82, 2.24) is 15.3 Å². The quantitative estimate of drug-likeness (QED) is 0.364. The number of carbonyl (C=O) groups excluding carboxylic acids is 3. The van der Waals surface area contributed by atoms with Crippen molar-refractivity contribution in [3.05, 3.63) is 46.6 Å². The van der Waals surface area contributed by atoms with Gasteiger partial charge in [-0.25, -0.2) is 9.78 Å². The maximum atomic E-state index is 12.8. The molecule has 10 nitrogen and oxygen atoms in total. The van der Waals surface area contributed by atoms with E-state index in [1.54, 1.807) is 26.0 Å². The third kappa shape index (κ3) is 8.16. The SMILES string of the molecule is CCOC(=O)CC[C@@H](NC(=O)c1ccc(CCCC2CCc3nc(N)nc(N)c3C2)cc1)C(=O)OCC. The molecule has 0 radical (unpaired) electrons. The molecule has 0 aliphatic heterocycles. The molecule has 0 spiro atoms. The first-order valence-corrected chi connectivity index (χ1v) is 12.9. The summed E-state index contributed by atoms with van der Waals surface area (Å²) in [6.07, 6.45) is 5.89. The average Bonchev–Trinajstić information content (AvgIpc) is 2.87. The number of amides is 1. The Balaban J connectivity index is 1.49. The van der Waals surface area contributed by atoms with E-state index in [9.17, 15) is 14.4 Å². The van der Waals surface area contributed by atoms with Crippen molar-refractivity contribution in [1.29, 1.82) is 0 Å². The van der Waals surface area contributed by atoms with Gasteiger partial charge in [-0.15, -0.1) is 0 Å². The van der Waals surface area contributed by atoms with Gasteiger partial charge in [-0.05, 0) is 82.4 Å². The van der Waals surface area contributed by atoms with E-state index in [-0.39, 0.29) is 32.0 Å². The lowest BCUT2D eigenvalue weighted by atomic mass is 9.83. The molecule has 1 aliphatic rings. The second kappa shape index (κ2) is 13.6. The lowest BCUT2D eigenvalue weighted by Crippen LogP contribution is -2.42. The van der Waals surface area contributed by atoms with Gasteiger partial charge in [0.1, 0.15) is 11.9 Å². The number of benzene rings is 1. The van der Waals surface area contributed by atoms with Crippen LogP contribution in [0, 0.1) is 5.92 Å². The van der Waals surface area contributed by atoms with Crippen molar-refractivity contribution in [2.75, 3.05) is 24.7 Å². The number of hydrogen-bond acceptors (Lipinski definition) is 9. The third-order valence-corrected chi connectivity index (χ3v) is 6.54. The van der Waals surface area contributed by atoms with Gasteiger partial charge in [-0.2, -0.15) is 4.98 Å². The standard InChI is InChI=1S/C27H37N5O5/c1-3-36-23(33)15-14-22(26(35)37-4-2)30-25(34)19-11-8-17(9-12-19)6-5-7-18-10-13-21-20(16-18)24(28)32-27(29)31-21/h8-9,11-12,18,22H,3-7,10,13-16H2,1-2H3,(H,30,34)(H4,28,29,31,32)/t18?,22-/m1/s1. The van der Waals surface area contributed by atoms with Crippen LogP contribution < -0.4 is 16.8 Å². The highest BCUT2D eigenvalue weighted by atomic mass is 16.5. The number of ether oxygens (including phenoxy) is 2. The summed E-state index contributed by atoms with van der Waals surface area (Å²) < 4.78 is 9.96. The predicted octanol–water partition coefficient (Wildman–Crippen LogP) is 2.77. The van der Waals surface area contributed by atoms with Crippen LogP contribution in [0.5, 0.6) is 0 Å². The molecular formula is C27H37N5O5. The Morgan fingerprint density at radius 3 is 2.51 bits per heavy atom. The van der Waals surface area contributed by atoms with Crippen molar-refractivity contribution < 1.29 is 23.9 Å². The lowest BCUT2D eigenvalue weighted by molar-refractivity contribution is -0.146. The summed E-state index contributed by atoms with van der Waals surface area (Å²) in [7, 11) is 0. The van der Waals surface area contributed by atoms with Gasteiger partial charge in [0.2, 0.25) is 5.95 Å². The van der Waals surface area contributed by atoms with Gasteiger partial charge in [-0.3, -0.25) is 9.59 Å². The molecule has 3 rings (SSSR count). The van der Waals surface area contributed by atoms with E-state index >= 15 is 0 Å². The van der Waals surface area contributed by atoms with E-state index in [2.05, 4.69) is 15.3 Å². The molecule has 10 heteroatoms. The molecule has 1 amide bonds. The van der Waals surface area contributed by atoms with Gasteiger partial charge in [-0.1, -0.05) is 12.1 Å². The van der Waals surface area contributed by atoms with Crippen LogP contribution in [0.25, 0.3) is 0 Å². The number of anilines is 2. The number of aromatic nitrogens is 2. The minimum atomic E-state index is -0.923. The second-order valence-electron chi connectivity index (χ2n) is 9.21. The Hall–Kier alpha value is -3.69. The molecule has 1 aromatic heterocycles. The third-order valence-electron chi connectivity index (χ3n) is 6.54. The molecule has 1 aromatic carbocycles. The van der Waals surface area contributed by atoms with Crippen LogP contribution in [0.3, 0.4) is 0 Å². The number of fused-ring (bicyclic) bond motifs is 1. The number of aryl methyl sites for hydroxylation is 2. The van der Waals surface area contributed by atoms with Crippen molar-refractivity contribution in [2.45, 2.75) is 71.3 Å². The number of nitrogens with zero attached hydrogens (tertiary/aromatic N) is 2. The summed E-state index contributed by atoms with van der Waals surface area (Å²) in [6, 6.07) is 6.43. The summed E-state index contributed by atoms with van der Waals surface area (Å²) in [6.45, 7) is 3.84. The zero-order valence-corrected chi connectivity index (χ0v) is 21.6. The Kier molecular flexibility index (Phi) is 10.2. The molecule has 0 saturated carbocycles. The van der Waals surface area contributed by atoms with Gasteiger partial charge in [0.05, 0.1) is 18.9 Å². The normalized spacial score (nSPS) is 15.4. The van der Waals surface area contributed by atoms with Crippen LogP contribution in [0.4, 0.5) is 11.8 Å². The van der Waals surface area contributed by atoms with Crippen LogP contribution in [-0.4, -0.2) is 47.1 Å². The number of nitrogens with one attached hydrogen (secondary N) is 1. The summed E-state index contributed by atoms with van der Waals surface area (Å²) in [5, 5.41) is 2.69. The molecule has 0 bridgehead atoms. The Morgan fingerprint density at radius 2 is 1.81 bits per heavy atom. The monoisotopic (exact) mass is 511 g/mol. The average molecular weight is 512 g/mol. The fourth-order valence-electron chi connectivity index (χ4n) is 4.62. The van der Waals surface area contributed by atoms with Gasteiger partial charge >= 0.3 is 11.9 Å². The van der Waals surface area contributed by atoms with E-state index < -0.39 is 23.9 Å². The summed E-state index contributed by atoms with van der Waals surface area (Å²) >= 11 is 0. The van der Waals surface area contributed by atoms with E-state index in [0.717, 1.165) is 55.3 Å². The van der Waals surface area contributed by atoms with Crippen LogP contribution in [0.15, 0.2) is 24.3 Å². The number of nitrogens with two attached hydrogens (primary N) is 2. The number of nitrogen functional groups attached to an aromatic ring is 2. The van der Waals surface area contributed by atoms with Gasteiger partial charge in [0, 0.05) is 17.5 Å². The number of carbonyl (C=O) groups is 3.